The number of hydrogen-bond acceptors (Lipinski definition) is 4. The summed E-state index contributed by atoms with van der Waals surface area (Å²) in [5.74, 6) is 0. The van der Waals surface area contributed by atoms with Crippen LogP contribution < -0.4 is 0 Å². The fourth-order valence-corrected chi connectivity index (χ4v) is 10.2. The van der Waals surface area contributed by atoms with Crippen molar-refractivity contribution in [3.8, 4) is 0 Å². The topological polar surface area (TPSA) is 36.9 Å². The normalized spacial score (nSPS) is 12.0. The Hall–Kier alpha value is 0.762. The van der Waals surface area contributed by atoms with Crippen molar-refractivity contribution in [3.05, 3.63) is 0 Å². The number of hydrogen-bond donors (Lipinski definition) is 0. The van der Waals surface area contributed by atoms with Gasteiger partial charge in [0.15, 0.2) is 0 Å². The van der Waals surface area contributed by atoms with Gasteiger partial charge in [-0.15, -0.1) is 0 Å². The fraction of sp³-hybridized carbons (Fsp3) is 1.00. The Morgan fingerprint density at radius 1 is 0.529 bits per heavy atom. The van der Waals surface area contributed by atoms with Gasteiger partial charge in [-0.05, 0) is 0 Å². The molecule has 0 rings (SSSR count). The molecule has 0 unspecified atom stereocenters. The molecule has 0 amide bonds. The molecule has 0 saturated carbocycles. The van der Waals surface area contributed by atoms with E-state index < -0.39 is 23.0 Å². The predicted octanol–water partition coefficient (Wildman–Crippen LogP) is 3.13. The SMILES string of the molecule is CCC[O][Pb]([O]CCC)([O]CCC)[O]CCC. The summed E-state index contributed by atoms with van der Waals surface area (Å²) in [5, 5.41) is 0. The van der Waals surface area contributed by atoms with E-state index in [9.17, 15) is 0 Å². The van der Waals surface area contributed by atoms with Crippen molar-refractivity contribution in [1.82, 2.24) is 0 Å². The molecule has 0 bridgehead atoms. The Morgan fingerprint density at radius 2 is 0.765 bits per heavy atom. The van der Waals surface area contributed by atoms with E-state index in [4.69, 9.17) is 10.7 Å². The standard InChI is InChI=1S/4C3H7O.Pb/c4*1-2-3-4;/h4*2-3H2,1H3;/q4*-1;+4. The van der Waals surface area contributed by atoms with E-state index in [0.29, 0.717) is 26.4 Å². The zero-order valence-electron chi connectivity index (χ0n) is 11.8. The third kappa shape index (κ3) is 8.47. The Morgan fingerprint density at radius 3 is 0.941 bits per heavy atom. The Kier molecular flexibility index (Phi) is 12.4. The molecule has 0 aliphatic heterocycles. The van der Waals surface area contributed by atoms with Crippen molar-refractivity contribution in [2.45, 2.75) is 53.4 Å². The first-order chi connectivity index (χ1) is 8.24. The zero-order chi connectivity index (χ0) is 13.0. The molecular formula is C12H28O4Pb. The van der Waals surface area contributed by atoms with Crippen molar-refractivity contribution in [3.63, 3.8) is 0 Å². The minimum atomic E-state index is -3.83. The number of rotatable bonds is 12. The summed E-state index contributed by atoms with van der Waals surface area (Å²) in [4.78, 5) is 0. The van der Waals surface area contributed by atoms with Crippen LogP contribution >= 0.6 is 0 Å². The molecule has 5 heteroatoms. The molecule has 0 aromatic carbocycles. The van der Waals surface area contributed by atoms with E-state index in [1.807, 2.05) is 0 Å². The molecule has 0 radical (unpaired) electrons. The molecule has 0 atom stereocenters. The Bertz CT molecular complexity index is 129. The summed E-state index contributed by atoms with van der Waals surface area (Å²) in [7, 11) is 0. The average molecular weight is 444 g/mol. The summed E-state index contributed by atoms with van der Waals surface area (Å²) < 4.78 is 23.4. The van der Waals surface area contributed by atoms with E-state index in [2.05, 4.69) is 27.7 Å². The monoisotopic (exact) mass is 444 g/mol. The quantitative estimate of drug-likeness (QED) is 0.435. The summed E-state index contributed by atoms with van der Waals surface area (Å²) in [6.45, 7) is 11.0. The van der Waals surface area contributed by atoms with E-state index in [0.717, 1.165) is 25.7 Å². The molecule has 0 saturated heterocycles. The molecule has 0 aromatic rings. The van der Waals surface area contributed by atoms with Crippen molar-refractivity contribution in [2.24, 2.45) is 0 Å². The third-order valence-electron chi connectivity index (χ3n) is 1.93. The Balaban J connectivity index is 4.39. The maximum absolute atomic E-state index is 5.84. The van der Waals surface area contributed by atoms with Crippen molar-refractivity contribution in [1.29, 1.82) is 0 Å². The van der Waals surface area contributed by atoms with Crippen molar-refractivity contribution < 1.29 is 10.7 Å². The van der Waals surface area contributed by atoms with Crippen LogP contribution in [0.25, 0.3) is 0 Å². The second-order valence-electron chi connectivity index (χ2n) is 3.89. The van der Waals surface area contributed by atoms with Crippen LogP contribution in [-0.4, -0.2) is 49.4 Å². The molecule has 0 N–H and O–H groups in total. The van der Waals surface area contributed by atoms with Gasteiger partial charge in [-0.2, -0.15) is 0 Å². The molecule has 0 fully saturated rings. The van der Waals surface area contributed by atoms with Crippen LogP contribution in [0, 0.1) is 0 Å². The third-order valence-corrected chi connectivity index (χ3v) is 10.6. The van der Waals surface area contributed by atoms with E-state index in [1.165, 1.54) is 0 Å². The second kappa shape index (κ2) is 11.8. The molecular weight excluding hydrogens is 415 g/mol. The summed E-state index contributed by atoms with van der Waals surface area (Å²) >= 11 is -3.83. The average Bonchev–Trinajstić information content (AvgIpc) is 2.37. The molecule has 0 heterocycles. The van der Waals surface area contributed by atoms with Crippen LogP contribution in [0.4, 0.5) is 0 Å². The van der Waals surface area contributed by atoms with Gasteiger partial charge in [-0.25, -0.2) is 0 Å². The summed E-state index contributed by atoms with van der Waals surface area (Å²) in [6.07, 6.45) is 3.84. The molecule has 104 valence electrons. The van der Waals surface area contributed by atoms with Crippen LogP contribution in [0.15, 0.2) is 0 Å². The molecule has 17 heavy (non-hydrogen) atoms. The van der Waals surface area contributed by atoms with Gasteiger partial charge in [0.1, 0.15) is 0 Å². The minimum absolute atomic E-state index is 0.665. The molecule has 0 aliphatic carbocycles. The van der Waals surface area contributed by atoms with E-state index >= 15 is 0 Å². The van der Waals surface area contributed by atoms with Crippen LogP contribution in [-0.2, 0) is 10.7 Å². The summed E-state index contributed by atoms with van der Waals surface area (Å²) in [6, 6.07) is 0. The van der Waals surface area contributed by atoms with Gasteiger partial charge in [-0.1, -0.05) is 0 Å². The zero-order valence-corrected chi connectivity index (χ0v) is 15.7. The molecule has 4 nitrogen and oxygen atoms in total. The van der Waals surface area contributed by atoms with Crippen molar-refractivity contribution >= 4 is 23.0 Å². The molecule has 0 aromatic heterocycles. The molecule has 0 aliphatic rings. The van der Waals surface area contributed by atoms with Crippen LogP contribution in [0.2, 0.25) is 0 Å². The van der Waals surface area contributed by atoms with Gasteiger partial charge in [0.2, 0.25) is 0 Å². The van der Waals surface area contributed by atoms with Crippen LogP contribution in [0.3, 0.4) is 0 Å². The van der Waals surface area contributed by atoms with Crippen LogP contribution in [0.1, 0.15) is 53.4 Å². The van der Waals surface area contributed by atoms with E-state index in [-0.39, 0.29) is 0 Å². The first kappa shape index (κ1) is 17.8. The van der Waals surface area contributed by atoms with Gasteiger partial charge in [0.25, 0.3) is 0 Å². The first-order valence-electron chi connectivity index (χ1n) is 6.80. The fourth-order valence-electron chi connectivity index (χ4n) is 1.16. The second-order valence-corrected chi connectivity index (χ2v) is 12.3. The van der Waals surface area contributed by atoms with Gasteiger partial charge in [0, 0.05) is 0 Å². The van der Waals surface area contributed by atoms with Gasteiger partial charge in [-0.3, -0.25) is 0 Å². The van der Waals surface area contributed by atoms with Gasteiger partial charge >= 0.3 is 114 Å². The van der Waals surface area contributed by atoms with E-state index in [1.54, 1.807) is 0 Å². The first-order valence-corrected chi connectivity index (χ1v) is 13.1. The van der Waals surface area contributed by atoms with Crippen molar-refractivity contribution in [2.75, 3.05) is 26.4 Å². The summed E-state index contributed by atoms with van der Waals surface area (Å²) in [5.41, 5.74) is 0. The Labute approximate surface area is 113 Å². The van der Waals surface area contributed by atoms with Gasteiger partial charge in [0.05, 0.1) is 0 Å². The van der Waals surface area contributed by atoms with Gasteiger partial charge < -0.3 is 0 Å². The maximum atomic E-state index is 5.84. The molecule has 0 spiro atoms. The van der Waals surface area contributed by atoms with Crippen LogP contribution in [0.5, 0.6) is 0 Å². The predicted molar refractivity (Wildman–Crippen MR) is 70.7 cm³/mol.